The van der Waals surface area contributed by atoms with E-state index in [9.17, 15) is 14.4 Å². The van der Waals surface area contributed by atoms with Gasteiger partial charge in [0.05, 0.1) is 0 Å². The number of rotatable bonds is 7. The molecule has 0 saturated carbocycles. The Morgan fingerprint density at radius 2 is 1.74 bits per heavy atom. The molecule has 0 radical (unpaired) electrons. The summed E-state index contributed by atoms with van der Waals surface area (Å²) < 4.78 is 0.927. The Morgan fingerprint density at radius 3 is 2.32 bits per heavy atom. The van der Waals surface area contributed by atoms with Crippen LogP contribution in [-0.4, -0.2) is 22.6 Å². The third-order valence-electron chi connectivity index (χ3n) is 2.58. The van der Waals surface area contributed by atoms with E-state index in [0.717, 1.165) is 9.13 Å². The van der Waals surface area contributed by atoms with Crippen LogP contribution in [0.3, 0.4) is 0 Å². The molecule has 0 spiro atoms. The summed E-state index contributed by atoms with van der Waals surface area (Å²) in [4.78, 5) is 33.8. The number of Topliss-reactive ketones (excluding diaryl/α,β-unsaturated/α-hetero) is 2. The summed E-state index contributed by atoms with van der Waals surface area (Å²) in [5.41, 5.74) is 0.744. The first kappa shape index (κ1) is 15.6. The number of carboxylic acid groups (broad SMARTS) is 1. The lowest BCUT2D eigenvalue weighted by molar-refractivity contribution is -0.136. The van der Waals surface area contributed by atoms with Crippen LogP contribution in [0.25, 0.3) is 0 Å². The average Bonchev–Trinajstić information content (AvgIpc) is 2.37. The van der Waals surface area contributed by atoms with Crippen molar-refractivity contribution in [3.63, 3.8) is 0 Å². The Bertz CT molecular complexity index is 534. The summed E-state index contributed by atoms with van der Waals surface area (Å²) in [5.74, 6) is -2.19. The fourth-order valence-corrected chi connectivity index (χ4v) is 2.00. The maximum absolute atomic E-state index is 11.7. The maximum atomic E-state index is 11.7. The molecule has 0 atom stereocenters. The highest BCUT2D eigenvalue weighted by molar-refractivity contribution is 14.1. The van der Waals surface area contributed by atoms with Gasteiger partial charge in [-0.1, -0.05) is 24.8 Å². The fourth-order valence-electron chi connectivity index (χ4n) is 1.42. The number of halogens is 1. The average molecular weight is 372 g/mol. The van der Waals surface area contributed by atoms with E-state index < -0.39 is 17.5 Å². The first-order valence-corrected chi connectivity index (χ1v) is 6.70. The van der Waals surface area contributed by atoms with Gasteiger partial charge >= 0.3 is 5.97 Å². The van der Waals surface area contributed by atoms with Crippen molar-refractivity contribution in [1.82, 2.24) is 0 Å². The van der Waals surface area contributed by atoms with Crippen LogP contribution in [-0.2, 0) is 20.8 Å². The first-order valence-electron chi connectivity index (χ1n) is 5.62. The molecule has 0 heterocycles. The SMILES string of the molecule is C=C(CCC(=O)C(=O)Cc1ccccc1I)C(=O)O. The predicted molar refractivity (Wildman–Crippen MR) is 78.9 cm³/mol. The maximum Gasteiger partial charge on any atom is 0.330 e. The van der Waals surface area contributed by atoms with E-state index in [4.69, 9.17) is 5.11 Å². The van der Waals surface area contributed by atoms with Gasteiger partial charge in [-0.05, 0) is 40.6 Å². The summed E-state index contributed by atoms with van der Waals surface area (Å²) in [5, 5.41) is 8.61. The van der Waals surface area contributed by atoms with Crippen molar-refractivity contribution in [1.29, 1.82) is 0 Å². The molecule has 0 amide bonds. The lowest BCUT2D eigenvalue weighted by Crippen LogP contribution is -2.17. The highest BCUT2D eigenvalue weighted by Crippen LogP contribution is 2.13. The quantitative estimate of drug-likeness (QED) is 0.453. The number of carboxylic acids is 1. The Hall–Kier alpha value is -1.50. The molecule has 1 N–H and O–H groups in total. The van der Waals surface area contributed by atoms with Crippen LogP contribution < -0.4 is 0 Å². The zero-order valence-corrected chi connectivity index (χ0v) is 12.3. The highest BCUT2D eigenvalue weighted by Gasteiger charge is 2.16. The standard InChI is InChI=1S/C14H13IO4/c1-9(14(18)19)6-7-12(16)13(17)8-10-4-2-3-5-11(10)15/h2-5H,1,6-8H2,(H,18,19). The Kier molecular flexibility index (Phi) is 5.88. The second-order valence-corrected chi connectivity index (χ2v) is 5.19. The summed E-state index contributed by atoms with van der Waals surface area (Å²) in [6.45, 7) is 3.32. The Balaban J connectivity index is 2.55. The minimum atomic E-state index is -1.14. The molecule has 1 rings (SSSR count). The molecule has 100 valence electrons. The van der Waals surface area contributed by atoms with E-state index >= 15 is 0 Å². The zero-order valence-electron chi connectivity index (χ0n) is 10.2. The fraction of sp³-hybridized carbons (Fsp3) is 0.214. The smallest absolute Gasteiger partial charge is 0.330 e. The number of aliphatic carboxylic acids is 1. The highest BCUT2D eigenvalue weighted by atomic mass is 127. The Labute approximate surface area is 124 Å². The number of hydrogen-bond acceptors (Lipinski definition) is 3. The first-order chi connectivity index (χ1) is 8.91. The topological polar surface area (TPSA) is 71.4 Å². The van der Waals surface area contributed by atoms with Gasteiger partial charge in [0, 0.05) is 22.0 Å². The number of benzene rings is 1. The minimum absolute atomic E-state index is 0.00574. The second kappa shape index (κ2) is 7.18. The van der Waals surface area contributed by atoms with Crippen molar-refractivity contribution in [2.75, 3.05) is 0 Å². The van der Waals surface area contributed by atoms with Crippen molar-refractivity contribution >= 4 is 40.1 Å². The lowest BCUT2D eigenvalue weighted by atomic mass is 10.0. The number of carbonyl (C=O) groups excluding carboxylic acids is 2. The minimum Gasteiger partial charge on any atom is -0.478 e. The van der Waals surface area contributed by atoms with Crippen molar-refractivity contribution in [3.05, 3.63) is 45.6 Å². The number of hydrogen-bond donors (Lipinski definition) is 1. The zero-order chi connectivity index (χ0) is 14.4. The molecule has 0 saturated heterocycles. The van der Waals surface area contributed by atoms with Gasteiger partial charge in [0.15, 0.2) is 5.78 Å². The summed E-state index contributed by atoms with van der Waals surface area (Å²) in [6, 6.07) is 7.32. The monoisotopic (exact) mass is 372 g/mol. The van der Waals surface area contributed by atoms with Crippen LogP contribution in [0.4, 0.5) is 0 Å². The molecule has 0 aliphatic rings. The molecule has 5 heteroatoms. The van der Waals surface area contributed by atoms with E-state index in [-0.39, 0.29) is 24.8 Å². The molecular weight excluding hydrogens is 359 g/mol. The van der Waals surface area contributed by atoms with Crippen molar-refractivity contribution < 1.29 is 19.5 Å². The molecule has 0 aliphatic heterocycles. The molecule has 0 aromatic heterocycles. The van der Waals surface area contributed by atoms with Gasteiger partial charge in [0.2, 0.25) is 5.78 Å². The summed E-state index contributed by atoms with van der Waals surface area (Å²) in [6.07, 6.45) is -0.0450. The Morgan fingerprint density at radius 1 is 1.11 bits per heavy atom. The molecule has 0 fully saturated rings. The predicted octanol–water partition coefficient (Wildman–Crippen LogP) is 2.39. The van der Waals surface area contributed by atoms with Crippen LogP contribution in [0.15, 0.2) is 36.4 Å². The lowest BCUT2D eigenvalue weighted by Gasteiger charge is -2.03. The molecule has 19 heavy (non-hydrogen) atoms. The van der Waals surface area contributed by atoms with E-state index in [1.807, 2.05) is 18.2 Å². The van der Waals surface area contributed by atoms with Gasteiger partial charge < -0.3 is 5.11 Å². The van der Waals surface area contributed by atoms with Crippen LogP contribution in [0.2, 0.25) is 0 Å². The van der Waals surface area contributed by atoms with E-state index in [2.05, 4.69) is 29.2 Å². The van der Waals surface area contributed by atoms with Crippen LogP contribution >= 0.6 is 22.6 Å². The van der Waals surface area contributed by atoms with Crippen molar-refractivity contribution in [2.24, 2.45) is 0 Å². The largest absolute Gasteiger partial charge is 0.478 e. The van der Waals surface area contributed by atoms with Gasteiger partial charge in [-0.3, -0.25) is 9.59 Å². The molecule has 1 aromatic carbocycles. The van der Waals surface area contributed by atoms with Gasteiger partial charge in [0.25, 0.3) is 0 Å². The third kappa shape index (κ3) is 4.94. The number of carbonyl (C=O) groups is 3. The second-order valence-electron chi connectivity index (χ2n) is 4.02. The van der Waals surface area contributed by atoms with E-state index in [1.165, 1.54) is 0 Å². The normalized spacial score (nSPS) is 9.95. The summed E-state index contributed by atoms with van der Waals surface area (Å²) in [7, 11) is 0. The summed E-state index contributed by atoms with van der Waals surface area (Å²) >= 11 is 2.10. The van der Waals surface area contributed by atoms with Gasteiger partial charge in [-0.25, -0.2) is 4.79 Å². The molecule has 4 nitrogen and oxygen atoms in total. The molecule has 0 unspecified atom stereocenters. The molecule has 1 aromatic rings. The molecular formula is C14H13IO4. The van der Waals surface area contributed by atoms with Gasteiger partial charge in [-0.15, -0.1) is 0 Å². The number of ketones is 2. The third-order valence-corrected chi connectivity index (χ3v) is 3.63. The van der Waals surface area contributed by atoms with E-state index in [0.29, 0.717) is 0 Å². The van der Waals surface area contributed by atoms with Gasteiger partial charge in [0.1, 0.15) is 0 Å². The van der Waals surface area contributed by atoms with Crippen molar-refractivity contribution in [3.8, 4) is 0 Å². The van der Waals surface area contributed by atoms with Crippen LogP contribution in [0, 0.1) is 3.57 Å². The van der Waals surface area contributed by atoms with Crippen molar-refractivity contribution in [2.45, 2.75) is 19.3 Å². The van der Waals surface area contributed by atoms with Crippen LogP contribution in [0.5, 0.6) is 0 Å². The van der Waals surface area contributed by atoms with Gasteiger partial charge in [-0.2, -0.15) is 0 Å². The van der Waals surface area contributed by atoms with Crippen LogP contribution in [0.1, 0.15) is 18.4 Å². The van der Waals surface area contributed by atoms with E-state index in [1.54, 1.807) is 6.07 Å². The molecule has 0 aliphatic carbocycles. The molecule has 0 bridgehead atoms.